The number of ether oxygens (including phenoxy) is 2. The van der Waals surface area contributed by atoms with Crippen molar-refractivity contribution in [3.63, 3.8) is 0 Å². The number of aryl methyl sites for hydroxylation is 1. The topological polar surface area (TPSA) is 56.6 Å². The molecule has 2 aromatic rings. The van der Waals surface area contributed by atoms with Crippen molar-refractivity contribution in [3.05, 3.63) is 40.7 Å². The van der Waals surface area contributed by atoms with Crippen molar-refractivity contribution in [1.82, 2.24) is 14.7 Å². The van der Waals surface area contributed by atoms with E-state index in [1.807, 2.05) is 28.9 Å². The lowest BCUT2D eigenvalue weighted by Gasteiger charge is -2.33. The number of rotatable bonds is 2. The third-order valence-electron chi connectivity index (χ3n) is 4.46. The molecule has 7 heteroatoms. The van der Waals surface area contributed by atoms with Gasteiger partial charge in [-0.25, -0.2) is 0 Å². The first-order chi connectivity index (χ1) is 11.6. The molecule has 0 aliphatic carbocycles. The predicted octanol–water partition coefficient (Wildman–Crippen LogP) is 3.05. The standard InChI is InChI=1S/C17H18ClN3O3/c1-11-7-19-21(8-11)13-3-2-4-20(9-13)17(22)12-5-14(18)16-15(6-12)23-10-24-16/h5-8,13H,2-4,9-10H2,1H3. The average Bonchev–Trinajstić information content (AvgIpc) is 3.23. The number of aromatic nitrogens is 2. The summed E-state index contributed by atoms with van der Waals surface area (Å²) in [4.78, 5) is 14.7. The highest BCUT2D eigenvalue weighted by molar-refractivity contribution is 6.32. The molecule has 0 N–H and O–H groups in total. The Balaban J connectivity index is 1.55. The number of fused-ring (bicyclic) bond motifs is 1. The van der Waals surface area contributed by atoms with E-state index in [0.717, 1.165) is 24.9 Å². The highest BCUT2D eigenvalue weighted by atomic mass is 35.5. The van der Waals surface area contributed by atoms with Crippen LogP contribution in [0, 0.1) is 6.92 Å². The third-order valence-corrected chi connectivity index (χ3v) is 4.74. The molecule has 0 saturated carbocycles. The van der Waals surface area contributed by atoms with E-state index in [1.54, 1.807) is 12.1 Å². The fourth-order valence-corrected chi connectivity index (χ4v) is 3.53. The summed E-state index contributed by atoms with van der Waals surface area (Å²) in [6, 6.07) is 3.57. The van der Waals surface area contributed by atoms with E-state index in [2.05, 4.69) is 5.10 Å². The van der Waals surface area contributed by atoms with Crippen molar-refractivity contribution in [1.29, 1.82) is 0 Å². The van der Waals surface area contributed by atoms with E-state index in [-0.39, 0.29) is 18.7 Å². The van der Waals surface area contributed by atoms with Gasteiger partial charge in [0.1, 0.15) is 0 Å². The Morgan fingerprint density at radius 2 is 2.25 bits per heavy atom. The number of carbonyl (C=O) groups excluding carboxylic acids is 1. The van der Waals surface area contributed by atoms with Gasteiger partial charge in [0.25, 0.3) is 5.91 Å². The van der Waals surface area contributed by atoms with E-state index >= 15 is 0 Å². The molecule has 24 heavy (non-hydrogen) atoms. The second-order valence-corrected chi connectivity index (χ2v) is 6.64. The molecule has 1 aromatic carbocycles. The van der Waals surface area contributed by atoms with Crippen molar-refractivity contribution in [2.75, 3.05) is 19.9 Å². The summed E-state index contributed by atoms with van der Waals surface area (Å²) in [5, 5.41) is 4.80. The number of amides is 1. The van der Waals surface area contributed by atoms with Crippen LogP contribution in [0.25, 0.3) is 0 Å². The Morgan fingerprint density at radius 3 is 3.04 bits per heavy atom. The zero-order valence-corrected chi connectivity index (χ0v) is 14.1. The second kappa shape index (κ2) is 6.02. The van der Waals surface area contributed by atoms with Crippen LogP contribution < -0.4 is 9.47 Å². The normalized spacial score (nSPS) is 19.6. The van der Waals surface area contributed by atoms with Gasteiger partial charge < -0.3 is 14.4 Å². The fraction of sp³-hybridized carbons (Fsp3) is 0.412. The van der Waals surface area contributed by atoms with Crippen molar-refractivity contribution in [3.8, 4) is 11.5 Å². The molecule has 1 unspecified atom stereocenters. The van der Waals surface area contributed by atoms with Gasteiger partial charge in [0.15, 0.2) is 11.5 Å². The van der Waals surface area contributed by atoms with Crippen molar-refractivity contribution < 1.29 is 14.3 Å². The van der Waals surface area contributed by atoms with Crippen LogP contribution in [0.5, 0.6) is 11.5 Å². The zero-order valence-electron chi connectivity index (χ0n) is 13.4. The van der Waals surface area contributed by atoms with E-state index in [1.165, 1.54) is 0 Å². The molecule has 1 atom stereocenters. The summed E-state index contributed by atoms with van der Waals surface area (Å²) >= 11 is 6.20. The molecule has 0 radical (unpaired) electrons. The van der Waals surface area contributed by atoms with Crippen molar-refractivity contribution >= 4 is 17.5 Å². The summed E-state index contributed by atoms with van der Waals surface area (Å²) < 4.78 is 12.6. The number of benzene rings is 1. The van der Waals surface area contributed by atoms with E-state index in [9.17, 15) is 4.79 Å². The first-order valence-electron chi connectivity index (χ1n) is 8.01. The van der Waals surface area contributed by atoms with Crippen LogP contribution in [0.3, 0.4) is 0 Å². The molecule has 6 nitrogen and oxygen atoms in total. The van der Waals surface area contributed by atoms with Gasteiger partial charge in [0.05, 0.1) is 17.3 Å². The van der Waals surface area contributed by atoms with Gasteiger partial charge in [0.2, 0.25) is 6.79 Å². The largest absolute Gasteiger partial charge is 0.454 e. The highest BCUT2D eigenvalue weighted by Gasteiger charge is 2.28. The Labute approximate surface area is 144 Å². The van der Waals surface area contributed by atoms with Gasteiger partial charge >= 0.3 is 0 Å². The molecule has 0 spiro atoms. The molecular weight excluding hydrogens is 330 g/mol. The van der Waals surface area contributed by atoms with E-state index < -0.39 is 0 Å². The molecule has 2 aliphatic rings. The van der Waals surface area contributed by atoms with Gasteiger partial charge in [0, 0.05) is 24.8 Å². The monoisotopic (exact) mass is 347 g/mol. The Hall–Kier alpha value is -2.21. The summed E-state index contributed by atoms with van der Waals surface area (Å²) in [5.41, 5.74) is 1.66. The van der Waals surface area contributed by atoms with Crippen LogP contribution >= 0.6 is 11.6 Å². The Morgan fingerprint density at radius 1 is 1.38 bits per heavy atom. The number of nitrogens with zero attached hydrogens (tertiary/aromatic N) is 3. The van der Waals surface area contributed by atoms with Crippen LogP contribution in [0.15, 0.2) is 24.5 Å². The van der Waals surface area contributed by atoms with Gasteiger partial charge in [-0.2, -0.15) is 5.10 Å². The number of hydrogen-bond donors (Lipinski definition) is 0. The quantitative estimate of drug-likeness (QED) is 0.837. The molecule has 1 aromatic heterocycles. The maximum atomic E-state index is 12.9. The smallest absolute Gasteiger partial charge is 0.254 e. The lowest BCUT2D eigenvalue weighted by atomic mass is 10.0. The predicted molar refractivity (Wildman–Crippen MR) is 88.7 cm³/mol. The van der Waals surface area contributed by atoms with Gasteiger partial charge in [-0.05, 0) is 37.5 Å². The fourth-order valence-electron chi connectivity index (χ4n) is 3.26. The number of carbonyl (C=O) groups is 1. The maximum Gasteiger partial charge on any atom is 0.254 e. The lowest BCUT2D eigenvalue weighted by molar-refractivity contribution is 0.0672. The van der Waals surface area contributed by atoms with E-state index in [0.29, 0.717) is 28.6 Å². The van der Waals surface area contributed by atoms with Crippen molar-refractivity contribution in [2.45, 2.75) is 25.8 Å². The van der Waals surface area contributed by atoms with E-state index in [4.69, 9.17) is 21.1 Å². The SMILES string of the molecule is Cc1cnn(C2CCCN(C(=O)c3cc(Cl)c4c(c3)OCO4)C2)c1. The molecule has 0 bridgehead atoms. The van der Waals surface area contributed by atoms with Gasteiger partial charge in [-0.15, -0.1) is 0 Å². The number of hydrogen-bond acceptors (Lipinski definition) is 4. The molecule has 126 valence electrons. The minimum Gasteiger partial charge on any atom is -0.454 e. The van der Waals surface area contributed by atoms with Crippen LogP contribution in [-0.2, 0) is 0 Å². The summed E-state index contributed by atoms with van der Waals surface area (Å²) in [6.45, 7) is 3.54. The summed E-state index contributed by atoms with van der Waals surface area (Å²) in [7, 11) is 0. The maximum absolute atomic E-state index is 12.9. The average molecular weight is 348 g/mol. The van der Waals surface area contributed by atoms with Gasteiger partial charge in [-0.3, -0.25) is 9.48 Å². The minimum absolute atomic E-state index is 0.0382. The first kappa shape index (κ1) is 15.3. The molecule has 2 aliphatic heterocycles. The highest BCUT2D eigenvalue weighted by Crippen LogP contribution is 2.40. The number of piperidine rings is 1. The van der Waals surface area contributed by atoms with Crippen LogP contribution in [0.2, 0.25) is 5.02 Å². The lowest BCUT2D eigenvalue weighted by Crippen LogP contribution is -2.40. The summed E-state index contributed by atoms with van der Waals surface area (Å²) in [5.74, 6) is 1.00. The first-order valence-corrected chi connectivity index (χ1v) is 8.39. The zero-order chi connectivity index (χ0) is 16.7. The molecule has 1 fully saturated rings. The van der Waals surface area contributed by atoms with Crippen molar-refractivity contribution in [2.24, 2.45) is 0 Å². The summed E-state index contributed by atoms with van der Waals surface area (Å²) in [6.07, 6.45) is 5.84. The number of halogens is 1. The van der Waals surface area contributed by atoms with Crippen LogP contribution in [0.4, 0.5) is 0 Å². The minimum atomic E-state index is -0.0382. The Kier molecular flexibility index (Phi) is 3.84. The second-order valence-electron chi connectivity index (χ2n) is 6.24. The molecule has 4 rings (SSSR count). The molecule has 1 amide bonds. The third kappa shape index (κ3) is 2.71. The number of likely N-dealkylation sites (tertiary alicyclic amines) is 1. The molecular formula is C17H18ClN3O3. The van der Waals surface area contributed by atoms with Crippen LogP contribution in [-0.4, -0.2) is 40.5 Å². The Bertz CT molecular complexity index is 789. The van der Waals surface area contributed by atoms with Gasteiger partial charge in [-0.1, -0.05) is 11.6 Å². The molecule has 1 saturated heterocycles. The molecule has 3 heterocycles. The van der Waals surface area contributed by atoms with Crippen LogP contribution in [0.1, 0.15) is 34.8 Å².